The number of carbonyl (C=O) groups excluding carboxylic acids is 1. The van der Waals surface area contributed by atoms with E-state index in [1.165, 1.54) is 180 Å². The third-order valence-corrected chi connectivity index (χ3v) is 15.3. The van der Waals surface area contributed by atoms with E-state index in [1.54, 1.807) is 6.08 Å². The van der Waals surface area contributed by atoms with Crippen LogP contribution in [0.5, 0.6) is 0 Å². The predicted molar refractivity (Wildman–Crippen MR) is 305 cm³/mol. The molecule has 446 valence electrons. The normalized spacial score (nSPS) is 25.1. The molecule has 14 nitrogen and oxygen atoms in total. The minimum atomic E-state index is -1.79. The fraction of sp³-hybridized carbons (Fsp3) is 0.887. The molecule has 2 heterocycles. The molecule has 0 radical (unpaired) electrons. The summed E-state index contributed by atoms with van der Waals surface area (Å²) in [6, 6.07) is -0.935. The number of hydrogen-bond acceptors (Lipinski definition) is 13. The Morgan fingerprint density at radius 2 is 0.842 bits per heavy atom. The number of hydrogen-bond donors (Lipinski definition) is 9. The summed E-state index contributed by atoms with van der Waals surface area (Å²) in [4.78, 5) is 13.3. The minimum absolute atomic E-state index is 0.249. The highest BCUT2D eigenvalue weighted by Crippen LogP contribution is 2.30. The van der Waals surface area contributed by atoms with Crippen LogP contribution < -0.4 is 5.32 Å². The largest absolute Gasteiger partial charge is 0.394 e. The molecule has 14 heteroatoms. The van der Waals surface area contributed by atoms with E-state index in [0.717, 1.165) is 44.9 Å². The lowest BCUT2D eigenvalue weighted by Gasteiger charge is -2.46. The fourth-order valence-corrected chi connectivity index (χ4v) is 10.3. The molecule has 1 amide bonds. The molecular formula is C62H115NO13. The van der Waals surface area contributed by atoms with E-state index >= 15 is 0 Å². The van der Waals surface area contributed by atoms with Crippen LogP contribution in [0.1, 0.15) is 258 Å². The van der Waals surface area contributed by atoms with E-state index in [-0.39, 0.29) is 18.9 Å². The Morgan fingerprint density at radius 1 is 0.461 bits per heavy atom. The van der Waals surface area contributed by atoms with E-state index in [1.807, 2.05) is 6.08 Å². The molecule has 0 aromatic carbocycles. The Kier molecular flexibility index (Phi) is 44.4. The van der Waals surface area contributed by atoms with Crippen molar-refractivity contribution in [3.8, 4) is 0 Å². The maximum Gasteiger partial charge on any atom is 0.220 e. The van der Waals surface area contributed by atoms with E-state index in [4.69, 9.17) is 18.9 Å². The Hall–Kier alpha value is -1.79. The van der Waals surface area contributed by atoms with Gasteiger partial charge < -0.3 is 65.1 Å². The second-order valence-corrected chi connectivity index (χ2v) is 22.2. The lowest BCUT2D eigenvalue weighted by Crippen LogP contribution is -2.65. The highest BCUT2D eigenvalue weighted by Gasteiger charge is 2.51. The SMILES string of the molecule is CCCCCCCC/C=C/CC/C=C/CC/C=C/C(O)C(COC1OC(CO)C(OC2OC(CO)C(O)C(O)C2O)C(O)C1O)NC(=O)CCCCCCCCCCCCCCCCCCCCCCCCCCCC. The molecule has 76 heavy (non-hydrogen) atoms. The highest BCUT2D eigenvalue weighted by molar-refractivity contribution is 5.76. The van der Waals surface area contributed by atoms with Crippen molar-refractivity contribution in [1.29, 1.82) is 0 Å². The van der Waals surface area contributed by atoms with Gasteiger partial charge in [-0.05, 0) is 44.9 Å². The third kappa shape index (κ3) is 33.1. The van der Waals surface area contributed by atoms with Crippen molar-refractivity contribution in [2.75, 3.05) is 19.8 Å². The van der Waals surface area contributed by atoms with Crippen molar-refractivity contribution in [2.24, 2.45) is 0 Å². The lowest BCUT2D eigenvalue weighted by molar-refractivity contribution is -0.359. The summed E-state index contributed by atoms with van der Waals surface area (Å²) in [5, 5.41) is 87.1. The monoisotopic (exact) mass is 1080 g/mol. The average Bonchev–Trinajstić information content (AvgIpc) is 3.42. The molecule has 0 aliphatic carbocycles. The van der Waals surface area contributed by atoms with Crippen LogP contribution in [-0.2, 0) is 23.7 Å². The van der Waals surface area contributed by atoms with Crippen molar-refractivity contribution in [2.45, 2.75) is 331 Å². The maximum atomic E-state index is 13.3. The van der Waals surface area contributed by atoms with Gasteiger partial charge in [-0.25, -0.2) is 0 Å². The summed E-state index contributed by atoms with van der Waals surface area (Å²) in [6.45, 7) is 2.79. The Labute approximate surface area is 461 Å². The smallest absolute Gasteiger partial charge is 0.220 e. The summed E-state index contributed by atoms with van der Waals surface area (Å²) in [6.07, 6.45) is 42.0. The molecule has 0 saturated carbocycles. The number of aliphatic hydroxyl groups excluding tert-OH is 8. The summed E-state index contributed by atoms with van der Waals surface area (Å²) >= 11 is 0. The fourth-order valence-electron chi connectivity index (χ4n) is 10.3. The van der Waals surface area contributed by atoms with E-state index in [0.29, 0.717) is 12.8 Å². The van der Waals surface area contributed by atoms with E-state index in [2.05, 4.69) is 43.5 Å². The molecule has 9 N–H and O–H groups in total. The van der Waals surface area contributed by atoms with Gasteiger partial charge in [0.05, 0.1) is 32.0 Å². The van der Waals surface area contributed by atoms with Crippen LogP contribution in [0.25, 0.3) is 0 Å². The predicted octanol–water partition coefficient (Wildman–Crippen LogP) is 11.0. The second kappa shape index (κ2) is 48.0. The third-order valence-electron chi connectivity index (χ3n) is 15.3. The van der Waals surface area contributed by atoms with Crippen LogP contribution in [0, 0.1) is 0 Å². The lowest BCUT2D eigenvalue weighted by atomic mass is 9.97. The highest BCUT2D eigenvalue weighted by atomic mass is 16.7. The van der Waals surface area contributed by atoms with E-state index in [9.17, 15) is 45.6 Å². The first-order valence-electron chi connectivity index (χ1n) is 31.2. The van der Waals surface area contributed by atoms with Gasteiger partial charge in [0.25, 0.3) is 0 Å². The number of carbonyl (C=O) groups is 1. The van der Waals surface area contributed by atoms with Crippen molar-refractivity contribution < 1.29 is 64.6 Å². The molecule has 12 atom stereocenters. The van der Waals surface area contributed by atoms with Crippen molar-refractivity contribution in [3.05, 3.63) is 36.5 Å². The van der Waals surface area contributed by atoms with Gasteiger partial charge in [-0.2, -0.15) is 0 Å². The van der Waals surface area contributed by atoms with Crippen LogP contribution in [0.3, 0.4) is 0 Å². The zero-order valence-electron chi connectivity index (χ0n) is 48.0. The van der Waals surface area contributed by atoms with Crippen molar-refractivity contribution in [1.82, 2.24) is 5.32 Å². The topological polar surface area (TPSA) is 228 Å². The molecule has 12 unspecified atom stereocenters. The molecule has 0 aromatic rings. The summed E-state index contributed by atoms with van der Waals surface area (Å²) in [5.41, 5.74) is 0. The standard InChI is InChI=1S/C62H115NO13/c1-3-5-7-9-11-13-15-17-19-21-22-23-24-25-26-27-28-29-30-32-34-36-38-40-42-44-46-54(67)63-50(51(66)45-43-41-39-37-35-33-31-20-18-16-14-12-10-8-6-4-2)49-73-61-59(72)57(70)60(53(48-65)75-61)76-62-58(71)56(69)55(68)52(47-64)74-62/h18,20,35,37,43,45,50-53,55-62,64-66,68-72H,3-17,19,21-34,36,38-42,44,46-49H2,1-2H3,(H,63,67)/b20-18+,37-35+,45-43+. The van der Waals surface area contributed by atoms with Crippen molar-refractivity contribution >= 4 is 5.91 Å². The quantitative estimate of drug-likeness (QED) is 0.0204. The average molecular weight is 1080 g/mol. The van der Waals surface area contributed by atoms with Crippen molar-refractivity contribution in [3.63, 3.8) is 0 Å². The molecule has 0 bridgehead atoms. The van der Waals surface area contributed by atoms with E-state index < -0.39 is 86.8 Å². The number of unbranched alkanes of at least 4 members (excludes halogenated alkanes) is 33. The van der Waals surface area contributed by atoms with Crippen LogP contribution in [-0.4, -0.2) is 140 Å². The zero-order valence-corrected chi connectivity index (χ0v) is 48.0. The number of nitrogens with one attached hydrogen (secondary N) is 1. The zero-order chi connectivity index (χ0) is 55.3. The number of rotatable bonds is 50. The second-order valence-electron chi connectivity index (χ2n) is 22.2. The molecule has 2 fully saturated rings. The molecule has 0 spiro atoms. The number of aliphatic hydroxyl groups is 8. The van der Waals surface area contributed by atoms with Gasteiger partial charge in [-0.3, -0.25) is 4.79 Å². The van der Waals surface area contributed by atoms with Gasteiger partial charge in [-0.1, -0.05) is 243 Å². The Balaban J connectivity index is 1.72. The van der Waals surface area contributed by atoms with Gasteiger partial charge in [0.15, 0.2) is 12.6 Å². The van der Waals surface area contributed by atoms with Gasteiger partial charge >= 0.3 is 0 Å². The van der Waals surface area contributed by atoms with Gasteiger partial charge in [0.2, 0.25) is 5.91 Å². The van der Waals surface area contributed by atoms with Gasteiger partial charge in [-0.15, -0.1) is 0 Å². The van der Waals surface area contributed by atoms with Crippen LogP contribution in [0.15, 0.2) is 36.5 Å². The first-order valence-corrected chi connectivity index (χ1v) is 31.2. The van der Waals surface area contributed by atoms with Gasteiger partial charge in [0, 0.05) is 6.42 Å². The first kappa shape index (κ1) is 70.3. The first-order chi connectivity index (χ1) is 37.1. The minimum Gasteiger partial charge on any atom is -0.394 e. The summed E-state index contributed by atoms with van der Waals surface area (Å²) in [5.74, 6) is -0.249. The molecule has 2 aliphatic heterocycles. The Bertz CT molecular complexity index is 1410. The molecule has 2 saturated heterocycles. The number of ether oxygens (including phenoxy) is 4. The maximum absolute atomic E-state index is 13.3. The molecule has 2 rings (SSSR count). The molecule has 2 aliphatic rings. The van der Waals surface area contributed by atoms with Crippen LogP contribution >= 0.6 is 0 Å². The summed E-state index contributed by atoms with van der Waals surface area (Å²) < 4.78 is 22.8. The molecule has 0 aromatic heterocycles. The number of allylic oxidation sites excluding steroid dienone is 5. The Morgan fingerprint density at radius 3 is 1.29 bits per heavy atom. The molecular weight excluding hydrogens is 967 g/mol. The number of amides is 1. The summed E-state index contributed by atoms with van der Waals surface area (Å²) in [7, 11) is 0. The van der Waals surface area contributed by atoms with Crippen LogP contribution in [0.2, 0.25) is 0 Å². The van der Waals surface area contributed by atoms with Crippen LogP contribution in [0.4, 0.5) is 0 Å². The van der Waals surface area contributed by atoms with Gasteiger partial charge in [0.1, 0.15) is 48.8 Å².